The molecular weight excluding hydrogens is 318 g/mol. The molecular formula is C19H19N3O3. The van der Waals surface area contributed by atoms with Gasteiger partial charge in [-0.05, 0) is 18.1 Å². The molecule has 2 aromatic carbocycles. The van der Waals surface area contributed by atoms with Gasteiger partial charge in [-0.3, -0.25) is 9.59 Å². The number of hydrogen-bond donors (Lipinski definition) is 3. The van der Waals surface area contributed by atoms with Crippen LogP contribution in [0.4, 0.5) is 0 Å². The van der Waals surface area contributed by atoms with Crippen LogP contribution in [0, 0.1) is 0 Å². The Labute approximate surface area is 144 Å². The molecule has 0 bridgehead atoms. The molecule has 0 aliphatic rings. The van der Waals surface area contributed by atoms with Crippen LogP contribution in [0.1, 0.15) is 28.4 Å². The van der Waals surface area contributed by atoms with E-state index in [1.165, 1.54) is 0 Å². The second-order valence-electron chi connectivity index (χ2n) is 5.78. The number of H-pyrrole nitrogens is 1. The van der Waals surface area contributed by atoms with E-state index in [-0.39, 0.29) is 29.7 Å². The van der Waals surface area contributed by atoms with Crippen LogP contribution < -0.4 is 10.9 Å². The summed E-state index contributed by atoms with van der Waals surface area (Å²) in [6, 6.07) is 16.6. The molecule has 3 aromatic rings. The molecule has 3 rings (SSSR count). The number of aromatic nitrogens is 2. The highest BCUT2D eigenvalue weighted by molar-refractivity contribution is 6.04. The molecule has 0 fully saturated rings. The van der Waals surface area contributed by atoms with Gasteiger partial charge in [0.25, 0.3) is 11.5 Å². The van der Waals surface area contributed by atoms with Gasteiger partial charge < -0.3 is 10.4 Å². The Bertz CT molecular complexity index is 922. The lowest BCUT2D eigenvalue weighted by Crippen LogP contribution is -2.30. The van der Waals surface area contributed by atoms with E-state index in [0.717, 1.165) is 5.56 Å². The maximum absolute atomic E-state index is 12.6. The standard InChI is InChI=1S/C19H19N3O3/c23-11-10-14(13-6-2-1-3-7-13)12-20-19(25)17-15-8-4-5-9-16(15)18(24)22-21-17/h1-9,14,23H,10-12H2,(H,20,25)(H,22,24). The molecule has 3 N–H and O–H groups in total. The molecule has 25 heavy (non-hydrogen) atoms. The minimum atomic E-state index is -0.355. The van der Waals surface area contributed by atoms with Crippen LogP contribution in [-0.4, -0.2) is 34.4 Å². The van der Waals surface area contributed by atoms with Crippen LogP contribution in [-0.2, 0) is 0 Å². The van der Waals surface area contributed by atoms with Crippen molar-refractivity contribution in [3.8, 4) is 0 Å². The van der Waals surface area contributed by atoms with Crippen molar-refractivity contribution in [2.75, 3.05) is 13.2 Å². The summed E-state index contributed by atoms with van der Waals surface area (Å²) in [7, 11) is 0. The fraction of sp³-hybridized carbons (Fsp3) is 0.211. The largest absolute Gasteiger partial charge is 0.396 e. The minimum absolute atomic E-state index is 0.00387. The summed E-state index contributed by atoms with van der Waals surface area (Å²) in [6.45, 7) is 0.411. The summed E-state index contributed by atoms with van der Waals surface area (Å²) in [5.41, 5.74) is 0.914. The van der Waals surface area contributed by atoms with Gasteiger partial charge in [-0.15, -0.1) is 0 Å². The molecule has 0 aliphatic carbocycles. The second-order valence-corrected chi connectivity index (χ2v) is 5.78. The third-order valence-corrected chi connectivity index (χ3v) is 4.17. The van der Waals surface area contributed by atoms with E-state index < -0.39 is 0 Å². The zero-order chi connectivity index (χ0) is 17.6. The third kappa shape index (κ3) is 3.75. The van der Waals surface area contributed by atoms with Gasteiger partial charge in [-0.25, -0.2) is 5.10 Å². The number of nitrogens with one attached hydrogen (secondary N) is 2. The average molecular weight is 337 g/mol. The number of hydrogen-bond acceptors (Lipinski definition) is 4. The van der Waals surface area contributed by atoms with Gasteiger partial charge in [-0.2, -0.15) is 5.10 Å². The first kappa shape index (κ1) is 16.9. The first-order chi connectivity index (χ1) is 12.2. The van der Waals surface area contributed by atoms with Crippen LogP contribution in [0.25, 0.3) is 10.8 Å². The third-order valence-electron chi connectivity index (χ3n) is 4.17. The molecule has 0 saturated heterocycles. The molecule has 1 unspecified atom stereocenters. The Morgan fingerprint density at radius 1 is 1.08 bits per heavy atom. The van der Waals surface area contributed by atoms with Gasteiger partial charge in [-0.1, -0.05) is 48.5 Å². The predicted molar refractivity (Wildman–Crippen MR) is 95.6 cm³/mol. The molecule has 0 spiro atoms. The lowest BCUT2D eigenvalue weighted by atomic mass is 9.96. The Kier molecular flexibility index (Phi) is 5.20. The number of aromatic amines is 1. The van der Waals surface area contributed by atoms with E-state index in [1.54, 1.807) is 24.3 Å². The first-order valence-electron chi connectivity index (χ1n) is 8.12. The molecule has 6 heteroatoms. The number of fused-ring (bicyclic) bond motifs is 1. The number of amides is 1. The van der Waals surface area contributed by atoms with E-state index in [2.05, 4.69) is 15.5 Å². The molecule has 0 aliphatic heterocycles. The van der Waals surface area contributed by atoms with Crippen molar-refractivity contribution in [2.45, 2.75) is 12.3 Å². The van der Waals surface area contributed by atoms with Crippen LogP contribution in [0.15, 0.2) is 59.4 Å². The number of benzene rings is 2. The second kappa shape index (κ2) is 7.72. The summed E-state index contributed by atoms with van der Waals surface area (Å²) in [6.07, 6.45) is 0.546. The van der Waals surface area contributed by atoms with Crippen LogP contribution in [0.5, 0.6) is 0 Å². The monoisotopic (exact) mass is 337 g/mol. The smallest absolute Gasteiger partial charge is 0.272 e. The van der Waals surface area contributed by atoms with Crippen LogP contribution in [0.2, 0.25) is 0 Å². The summed E-state index contributed by atoms with van der Waals surface area (Å²) < 4.78 is 0. The van der Waals surface area contributed by atoms with Crippen molar-refractivity contribution >= 4 is 16.7 Å². The number of rotatable bonds is 6. The number of aliphatic hydroxyl groups excluding tert-OH is 1. The van der Waals surface area contributed by atoms with Crippen LogP contribution >= 0.6 is 0 Å². The highest BCUT2D eigenvalue weighted by Gasteiger charge is 2.17. The molecule has 1 aromatic heterocycles. The van der Waals surface area contributed by atoms with Gasteiger partial charge in [0.05, 0.1) is 5.39 Å². The normalized spacial score (nSPS) is 12.0. The van der Waals surface area contributed by atoms with E-state index >= 15 is 0 Å². The average Bonchev–Trinajstić information content (AvgIpc) is 2.66. The fourth-order valence-corrected chi connectivity index (χ4v) is 2.86. The number of carbonyl (C=O) groups is 1. The zero-order valence-electron chi connectivity index (χ0n) is 13.6. The Morgan fingerprint density at radius 3 is 2.48 bits per heavy atom. The molecule has 1 heterocycles. The molecule has 6 nitrogen and oxygen atoms in total. The summed E-state index contributed by atoms with van der Waals surface area (Å²) in [4.78, 5) is 24.4. The van der Waals surface area contributed by atoms with Gasteiger partial charge >= 0.3 is 0 Å². The summed E-state index contributed by atoms with van der Waals surface area (Å²) in [5.74, 6) is -0.351. The molecule has 0 saturated carbocycles. The quantitative estimate of drug-likeness (QED) is 0.639. The summed E-state index contributed by atoms with van der Waals surface area (Å²) in [5, 5.41) is 19.4. The van der Waals surface area contributed by atoms with Crippen LogP contribution in [0.3, 0.4) is 0 Å². The van der Waals surface area contributed by atoms with E-state index in [1.807, 2.05) is 30.3 Å². The maximum atomic E-state index is 12.6. The fourth-order valence-electron chi connectivity index (χ4n) is 2.86. The molecule has 0 radical (unpaired) electrons. The topological polar surface area (TPSA) is 95.1 Å². The predicted octanol–water partition coefficient (Wildman–Crippen LogP) is 1.82. The van der Waals surface area contributed by atoms with Crippen molar-refractivity contribution in [3.05, 3.63) is 76.2 Å². The number of nitrogens with zero attached hydrogens (tertiary/aromatic N) is 1. The van der Waals surface area contributed by atoms with E-state index in [9.17, 15) is 14.7 Å². The van der Waals surface area contributed by atoms with Gasteiger partial charge in [0.2, 0.25) is 0 Å². The Morgan fingerprint density at radius 2 is 1.76 bits per heavy atom. The van der Waals surface area contributed by atoms with E-state index in [0.29, 0.717) is 23.7 Å². The lowest BCUT2D eigenvalue weighted by Gasteiger charge is -2.17. The highest BCUT2D eigenvalue weighted by atomic mass is 16.3. The van der Waals surface area contributed by atoms with Crippen molar-refractivity contribution in [1.29, 1.82) is 0 Å². The highest BCUT2D eigenvalue weighted by Crippen LogP contribution is 2.19. The number of carbonyl (C=O) groups excluding carboxylic acids is 1. The van der Waals surface area contributed by atoms with E-state index in [4.69, 9.17) is 0 Å². The first-order valence-corrected chi connectivity index (χ1v) is 8.12. The zero-order valence-corrected chi connectivity index (χ0v) is 13.6. The van der Waals surface area contributed by atoms with Gasteiger partial charge in [0.15, 0.2) is 5.69 Å². The van der Waals surface area contributed by atoms with Crippen molar-refractivity contribution in [3.63, 3.8) is 0 Å². The Balaban J connectivity index is 1.80. The number of aliphatic hydroxyl groups is 1. The van der Waals surface area contributed by atoms with Crippen molar-refractivity contribution < 1.29 is 9.90 Å². The molecule has 1 atom stereocenters. The van der Waals surface area contributed by atoms with Crippen molar-refractivity contribution in [1.82, 2.24) is 15.5 Å². The SMILES string of the molecule is O=C(NCC(CCO)c1ccccc1)c1n[nH]c(=O)c2ccccc12. The molecule has 1 amide bonds. The minimum Gasteiger partial charge on any atom is -0.396 e. The Hall–Kier alpha value is -2.99. The van der Waals surface area contributed by atoms with Gasteiger partial charge in [0.1, 0.15) is 0 Å². The van der Waals surface area contributed by atoms with Gasteiger partial charge in [0, 0.05) is 24.5 Å². The van der Waals surface area contributed by atoms with Crippen molar-refractivity contribution in [2.24, 2.45) is 0 Å². The summed E-state index contributed by atoms with van der Waals surface area (Å²) >= 11 is 0. The maximum Gasteiger partial charge on any atom is 0.272 e. The lowest BCUT2D eigenvalue weighted by molar-refractivity contribution is 0.0945. The molecule has 128 valence electrons.